The van der Waals surface area contributed by atoms with Crippen molar-refractivity contribution in [2.24, 2.45) is 0 Å². The van der Waals surface area contributed by atoms with Crippen molar-refractivity contribution in [2.75, 3.05) is 19.7 Å². The van der Waals surface area contributed by atoms with Gasteiger partial charge in [0.1, 0.15) is 5.75 Å². The third-order valence-electron chi connectivity index (χ3n) is 3.02. The van der Waals surface area contributed by atoms with Crippen LogP contribution in [0.2, 0.25) is 0 Å². The van der Waals surface area contributed by atoms with E-state index in [0.29, 0.717) is 13.2 Å². The van der Waals surface area contributed by atoms with Crippen LogP contribution in [0.5, 0.6) is 5.75 Å². The predicted octanol–water partition coefficient (Wildman–Crippen LogP) is 3.34. The van der Waals surface area contributed by atoms with E-state index in [-0.39, 0.29) is 6.10 Å². The molecule has 0 aromatic heterocycles. The van der Waals surface area contributed by atoms with Crippen LogP contribution in [-0.2, 0) is 0 Å². The van der Waals surface area contributed by atoms with E-state index >= 15 is 0 Å². The summed E-state index contributed by atoms with van der Waals surface area (Å²) in [6.07, 6.45) is 0.608. The molecule has 0 saturated carbocycles. The average Bonchev–Trinajstić information content (AvgIpc) is 2.45. The first kappa shape index (κ1) is 15.3. The second kappa shape index (κ2) is 7.62. The molecule has 0 saturated heterocycles. The molecule has 0 bridgehead atoms. The molecular formula is C16H20BrNO2. The standard InChI is InChI=1S/C16H20BrNO2/c1-12(19)11-18-9-4-10-20-15-8-7-13-5-2-3-6-14(13)16(15)17/h2-3,5-8,12,18-19H,4,9-11H2,1H3. The first-order valence-corrected chi connectivity index (χ1v) is 7.66. The topological polar surface area (TPSA) is 41.5 Å². The lowest BCUT2D eigenvalue weighted by Gasteiger charge is -2.11. The molecule has 1 unspecified atom stereocenters. The summed E-state index contributed by atoms with van der Waals surface area (Å²) in [6.45, 7) is 3.90. The van der Waals surface area contributed by atoms with E-state index < -0.39 is 0 Å². The van der Waals surface area contributed by atoms with E-state index in [1.165, 1.54) is 5.39 Å². The van der Waals surface area contributed by atoms with Crippen LogP contribution in [0, 0.1) is 0 Å². The Bertz CT molecular complexity index is 557. The molecule has 0 heterocycles. The minimum Gasteiger partial charge on any atom is -0.492 e. The van der Waals surface area contributed by atoms with E-state index in [2.05, 4.69) is 39.4 Å². The lowest BCUT2D eigenvalue weighted by molar-refractivity contribution is 0.190. The second-order valence-corrected chi connectivity index (χ2v) is 5.65. The van der Waals surface area contributed by atoms with Crippen LogP contribution >= 0.6 is 15.9 Å². The highest BCUT2D eigenvalue weighted by Crippen LogP contribution is 2.32. The zero-order chi connectivity index (χ0) is 14.4. The molecule has 0 amide bonds. The first-order valence-electron chi connectivity index (χ1n) is 6.87. The van der Waals surface area contributed by atoms with Crippen molar-refractivity contribution in [3.05, 3.63) is 40.9 Å². The third-order valence-corrected chi connectivity index (χ3v) is 3.84. The van der Waals surface area contributed by atoms with Gasteiger partial charge in [0.25, 0.3) is 0 Å². The lowest BCUT2D eigenvalue weighted by atomic mass is 10.1. The van der Waals surface area contributed by atoms with Gasteiger partial charge in [-0.2, -0.15) is 0 Å². The van der Waals surface area contributed by atoms with Gasteiger partial charge in [0, 0.05) is 6.54 Å². The summed E-state index contributed by atoms with van der Waals surface area (Å²) in [6, 6.07) is 12.3. The molecule has 0 aliphatic heterocycles. The Balaban J connectivity index is 1.86. The minimum atomic E-state index is -0.300. The average molecular weight is 338 g/mol. The van der Waals surface area contributed by atoms with Crippen molar-refractivity contribution in [3.63, 3.8) is 0 Å². The van der Waals surface area contributed by atoms with Gasteiger partial charge in [-0.15, -0.1) is 0 Å². The number of aliphatic hydroxyl groups is 1. The van der Waals surface area contributed by atoms with Gasteiger partial charge in [0.2, 0.25) is 0 Å². The minimum absolute atomic E-state index is 0.300. The van der Waals surface area contributed by atoms with Crippen molar-refractivity contribution in [1.82, 2.24) is 5.32 Å². The van der Waals surface area contributed by atoms with Gasteiger partial charge in [-0.1, -0.05) is 30.3 Å². The molecule has 2 rings (SSSR count). The summed E-state index contributed by atoms with van der Waals surface area (Å²) < 4.78 is 6.81. The van der Waals surface area contributed by atoms with Crippen molar-refractivity contribution >= 4 is 26.7 Å². The molecule has 1 atom stereocenters. The monoisotopic (exact) mass is 337 g/mol. The highest BCUT2D eigenvalue weighted by molar-refractivity contribution is 9.10. The van der Waals surface area contributed by atoms with Crippen molar-refractivity contribution in [3.8, 4) is 5.75 Å². The maximum Gasteiger partial charge on any atom is 0.134 e. The zero-order valence-corrected chi connectivity index (χ0v) is 13.2. The molecule has 0 aliphatic carbocycles. The van der Waals surface area contributed by atoms with Gasteiger partial charge in [-0.05, 0) is 52.7 Å². The molecule has 4 heteroatoms. The van der Waals surface area contributed by atoms with Gasteiger partial charge < -0.3 is 15.2 Å². The van der Waals surface area contributed by atoms with E-state index in [1.807, 2.05) is 18.2 Å². The number of hydrogen-bond donors (Lipinski definition) is 2. The highest BCUT2D eigenvalue weighted by Gasteiger charge is 2.05. The third kappa shape index (κ3) is 4.20. The summed E-state index contributed by atoms with van der Waals surface area (Å²) in [5.41, 5.74) is 0. The molecule has 20 heavy (non-hydrogen) atoms. The van der Waals surface area contributed by atoms with Gasteiger partial charge in [0.05, 0.1) is 17.2 Å². The molecule has 2 N–H and O–H groups in total. The largest absolute Gasteiger partial charge is 0.492 e. The fourth-order valence-corrected chi connectivity index (χ4v) is 2.62. The fourth-order valence-electron chi connectivity index (χ4n) is 2.02. The van der Waals surface area contributed by atoms with Crippen LogP contribution in [0.3, 0.4) is 0 Å². The maximum atomic E-state index is 9.12. The molecule has 2 aromatic rings. The van der Waals surface area contributed by atoms with Crippen LogP contribution in [0.25, 0.3) is 10.8 Å². The van der Waals surface area contributed by atoms with Gasteiger partial charge >= 0.3 is 0 Å². The summed E-state index contributed by atoms with van der Waals surface area (Å²) >= 11 is 3.61. The van der Waals surface area contributed by atoms with Crippen LogP contribution in [0.1, 0.15) is 13.3 Å². The van der Waals surface area contributed by atoms with Crippen LogP contribution < -0.4 is 10.1 Å². The number of rotatable bonds is 7. The Morgan fingerprint density at radius 2 is 2.05 bits per heavy atom. The van der Waals surface area contributed by atoms with Gasteiger partial charge in [-0.25, -0.2) is 0 Å². The Hall–Kier alpha value is -1.10. The van der Waals surface area contributed by atoms with Crippen LogP contribution in [0.15, 0.2) is 40.9 Å². The van der Waals surface area contributed by atoms with E-state index in [1.54, 1.807) is 6.92 Å². The number of ether oxygens (including phenoxy) is 1. The summed E-state index contributed by atoms with van der Waals surface area (Å²) in [4.78, 5) is 0. The number of halogens is 1. The zero-order valence-electron chi connectivity index (χ0n) is 11.6. The lowest BCUT2D eigenvalue weighted by Crippen LogP contribution is -2.26. The highest BCUT2D eigenvalue weighted by atomic mass is 79.9. The maximum absolute atomic E-state index is 9.12. The summed E-state index contributed by atoms with van der Waals surface area (Å²) in [5, 5.41) is 14.7. The quantitative estimate of drug-likeness (QED) is 0.761. The van der Waals surface area contributed by atoms with E-state index in [0.717, 1.165) is 28.6 Å². The fraction of sp³-hybridized carbons (Fsp3) is 0.375. The summed E-state index contributed by atoms with van der Waals surface area (Å²) in [5.74, 6) is 0.874. The van der Waals surface area contributed by atoms with Crippen molar-refractivity contribution in [2.45, 2.75) is 19.4 Å². The Kier molecular flexibility index (Phi) is 5.83. The number of aliphatic hydroxyl groups excluding tert-OH is 1. The number of hydrogen-bond acceptors (Lipinski definition) is 3. The molecular weight excluding hydrogens is 318 g/mol. The van der Waals surface area contributed by atoms with Crippen LogP contribution in [-0.4, -0.2) is 30.9 Å². The normalized spacial score (nSPS) is 12.6. The number of nitrogens with one attached hydrogen (secondary N) is 1. The molecule has 108 valence electrons. The smallest absolute Gasteiger partial charge is 0.134 e. The molecule has 0 spiro atoms. The van der Waals surface area contributed by atoms with E-state index in [4.69, 9.17) is 9.84 Å². The van der Waals surface area contributed by atoms with E-state index in [9.17, 15) is 0 Å². The van der Waals surface area contributed by atoms with Gasteiger partial charge in [0.15, 0.2) is 0 Å². The SMILES string of the molecule is CC(O)CNCCCOc1ccc2ccccc2c1Br. The molecule has 0 radical (unpaired) electrons. The summed E-state index contributed by atoms with van der Waals surface area (Å²) in [7, 11) is 0. The Morgan fingerprint density at radius 1 is 1.25 bits per heavy atom. The molecule has 3 nitrogen and oxygen atoms in total. The number of benzene rings is 2. The van der Waals surface area contributed by atoms with Crippen molar-refractivity contribution < 1.29 is 9.84 Å². The second-order valence-electron chi connectivity index (χ2n) is 4.85. The molecule has 2 aromatic carbocycles. The Labute approximate surface area is 128 Å². The molecule has 0 fully saturated rings. The van der Waals surface area contributed by atoms with Gasteiger partial charge in [-0.3, -0.25) is 0 Å². The predicted molar refractivity (Wildman–Crippen MR) is 86.3 cm³/mol. The number of fused-ring (bicyclic) bond motifs is 1. The molecule has 0 aliphatic rings. The Morgan fingerprint density at radius 3 is 2.85 bits per heavy atom. The van der Waals surface area contributed by atoms with Crippen molar-refractivity contribution in [1.29, 1.82) is 0 Å². The van der Waals surface area contributed by atoms with Crippen LogP contribution in [0.4, 0.5) is 0 Å². The first-order chi connectivity index (χ1) is 9.68.